The second-order valence-corrected chi connectivity index (χ2v) is 9.41. The predicted molar refractivity (Wildman–Crippen MR) is 120 cm³/mol. The van der Waals surface area contributed by atoms with Crippen LogP contribution in [0.2, 0.25) is 0 Å². The molecule has 0 aliphatic carbocycles. The third-order valence-electron chi connectivity index (χ3n) is 6.58. The average Bonchev–Trinajstić information content (AvgIpc) is 2.94. The predicted octanol–water partition coefficient (Wildman–Crippen LogP) is 3.65. The lowest BCUT2D eigenvalue weighted by atomic mass is 9.91. The third-order valence-corrected chi connectivity index (χ3v) is 6.58. The minimum absolute atomic E-state index is 0.127. The maximum absolute atomic E-state index is 13.1. The van der Waals surface area contributed by atoms with Crippen LogP contribution in [0.25, 0.3) is 0 Å². The van der Waals surface area contributed by atoms with Gasteiger partial charge in [0, 0.05) is 51.4 Å². The first-order valence-corrected chi connectivity index (χ1v) is 11.6. The maximum atomic E-state index is 13.1. The molecule has 6 nitrogen and oxygen atoms in total. The summed E-state index contributed by atoms with van der Waals surface area (Å²) >= 11 is 0. The molecule has 0 spiro atoms. The van der Waals surface area contributed by atoms with E-state index in [2.05, 4.69) is 18.7 Å². The number of anilines is 1. The van der Waals surface area contributed by atoms with Crippen LogP contribution in [0.1, 0.15) is 38.7 Å². The molecule has 2 aliphatic rings. The topological polar surface area (TPSA) is 53.1 Å². The highest BCUT2D eigenvalue weighted by atomic mass is 19.4. The van der Waals surface area contributed by atoms with Crippen LogP contribution in [0.5, 0.6) is 0 Å². The van der Waals surface area contributed by atoms with Gasteiger partial charge >= 0.3 is 12.1 Å². The van der Waals surface area contributed by atoms with Gasteiger partial charge in [-0.05, 0) is 42.9 Å². The monoisotopic (exact) mass is 469 g/mol. The van der Waals surface area contributed by atoms with Crippen molar-refractivity contribution in [3.63, 3.8) is 0 Å². The molecule has 0 saturated carbocycles. The molecule has 2 saturated heterocycles. The molecule has 3 rings (SSSR count). The summed E-state index contributed by atoms with van der Waals surface area (Å²) in [6.45, 7) is 7.97. The van der Waals surface area contributed by atoms with Gasteiger partial charge in [-0.25, -0.2) is 4.79 Å². The van der Waals surface area contributed by atoms with Crippen LogP contribution in [0, 0.1) is 11.8 Å². The number of likely N-dealkylation sites (tertiary alicyclic amines) is 1. The van der Waals surface area contributed by atoms with Crippen molar-refractivity contribution in [3.8, 4) is 0 Å². The highest BCUT2D eigenvalue weighted by molar-refractivity contribution is 5.85. The number of carbonyl (C=O) groups is 2. The highest BCUT2D eigenvalue weighted by Gasteiger charge is 2.35. The molecule has 0 radical (unpaired) electrons. The summed E-state index contributed by atoms with van der Waals surface area (Å²) < 4.78 is 44.4. The molecule has 1 aromatic rings. The summed E-state index contributed by atoms with van der Waals surface area (Å²) in [5.74, 6) is 0.548. The summed E-state index contributed by atoms with van der Waals surface area (Å²) in [5, 5.41) is 0. The second-order valence-electron chi connectivity index (χ2n) is 9.41. The number of amides is 1. The summed E-state index contributed by atoms with van der Waals surface area (Å²) in [5.41, 5.74) is -0.296. The summed E-state index contributed by atoms with van der Waals surface area (Å²) in [7, 11) is 1.32. The van der Waals surface area contributed by atoms with Crippen molar-refractivity contribution in [1.82, 2.24) is 9.80 Å². The van der Waals surface area contributed by atoms with E-state index in [4.69, 9.17) is 4.74 Å². The highest BCUT2D eigenvalue weighted by Crippen LogP contribution is 2.32. The Labute approximate surface area is 193 Å². The van der Waals surface area contributed by atoms with Crippen LogP contribution in [0.4, 0.5) is 18.9 Å². The normalized spacial score (nSPS) is 23.9. The number of nitrogens with zero attached hydrogens (tertiary/aromatic N) is 3. The van der Waals surface area contributed by atoms with Crippen molar-refractivity contribution in [3.05, 3.63) is 29.8 Å². The lowest BCUT2D eigenvalue weighted by Gasteiger charge is -2.36. The zero-order valence-corrected chi connectivity index (χ0v) is 19.6. The molecule has 184 valence electrons. The number of hydrogen-bond acceptors (Lipinski definition) is 5. The Kier molecular flexibility index (Phi) is 8.26. The zero-order chi connectivity index (χ0) is 24.2. The molecule has 1 amide bonds. The van der Waals surface area contributed by atoms with E-state index in [1.165, 1.54) is 19.6 Å². The quantitative estimate of drug-likeness (QED) is 0.596. The van der Waals surface area contributed by atoms with Crippen molar-refractivity contribution in [2.75, 3.05) is 51.3 Å². The second kappa shape index (κ2) is 10.8. The molecule has 2 heterocycles. The lowest BCUT2D eigenvalue weighted by Crippen LogP contribution is -2.49. The van der Waals surface area contributed by atoms with Gasteiger partial charge in [-0.1, -0.05) is 19.9 Å². The van der Waals surface area contributed by atoms with Gasteiger partial charge in [0.2, 0.25) is 5.91 Å². The Bertz CT molecular complexity index is 823. The Balaban J connectivity index is 1.70. The van der Waals surface area contributed by atoms with E-state index < -0.39 is 23.8 Å². The SMILES string of the molecule is COC(=O)[C@H](CCN1C[C@@H](C)C[C@H](C)C1)N1CCN(c2cccc(C(F)(F)F)c2)CCC1=O. The molecule has 2 aliphatic heterocycles. The zero-order valence-electron chi connectivity index (χ0n) is 19.6. The van der Waals surface area contributed by atoms with Crippen LogP contribution in [-0.4, -0.2) is 74.1 Å². The summed E-state index contributed by atoms with van der Waals surface area (Å²) in [6, 6.07) is 4.44. The molecule has 1 aromatic carbocycles. The van der Waals surface area contributed by atoms with Gasteiger partial charge in [0.25, 0.3) is 0 Å². The molecule has 9 heteroatoms. The van der Waals surface area contributed by atoms with Crippen molar-refractivity contribution >= 4 is 17.6 Å². The fourth-order valence-corrected chi connectivity index (χ4v) is 5.12. The molecule has 33 heavy (non-hydrogen) atoms. The molecule has 3 atom stereocenters. The van der Waals surface area contributed by atoms with E-state index >= 15 is 0 Å². The van der Waals surface area contributed by atoms with E-state index in [9.17, 15) is 22.8 Å². The number of halogens is 3. The van der Waals surface area contributed by atoms with E-state index in [1.807, 2.05) is 0 Å². The third kappa shape index (κ3) is 6.62. The van der Waals surface area contributed by atoms with E-state index in [1.54, 1.807) is 15.9 Å². The van der Waals surface area contributed by atoms with Crippen LogP contribution in [0.3, 0.4) is 0 Å². The first-order chi connectivity index (χ1) is 15.6. The van der Waals surface area contributed by atoms with Crippen molar-refractivity contribution < 1.29 is 27.5 Å². The van der Waals surface area contributed by atoms with Crippen molar-refractivity contribution in [2.24, 2.45) is 11.8 Å². The molecule has 0 bridgehead atoms. The van der Waals surface area contributed by atoms with Crippen LogP contribution in [-0.2, 0) is 20.5 Å². The van der Waals surface area contributed by atoms with Crippen LogP contribution in [0.15, 0.2) is 24.3 Å². The number of carbonyl (C=O) groups excluding carboxylic acids is 2. The van der Waals surface area contributed by atoms with Gasteiger partial charge in [0.15, 0.2) is 0 Å². The summed E-state index contributed by atoms with van der Waals surface area (Å²) in [4.78, 5) is 31.2. The number of benzene rings is 1. The number of rotatable bonds is 6. The molecular formula is C24H34F3N3O3. The van der Waals surface area contributed by atoms with Gasteiger partial charge in [-0.2, -0.15) is 13.2 Å². The first-order valence-electron chi connectivity index (χ1n) is 11.6. The lowest BCUT2D eigenvalue weighted by molar-refractivity contribution is -0.153. The molecule has 0 aromatic heterocycles. The molecule has 2 fully saturated rings. The number of alkyl halides is 3. The first kappa shape index (κ1) is 25.3. The number of esters is 1. The Morgan fingerprint density at radius 2 is 1.85 bits per heavy atom. The standard InChI is InChI=1S/C24H34F3N3O3/c1-17-13-18(2)16-28(15-17)9-7-21(23(32)33-3)30-12-11-29(10-8-22(30)31)20-6-4-5-19(14-20)24(25,26)27/h4-6,14,17-18,21H,7-13,15-16H2,1-3H3/t17-,18-,21-/m0/s1. The molecular weight excluding hydrogens is 435 g/mol. The van der Waals surface area contributed by atoms with Gasteiger partial charge in [-0.15, -0.1) is 0 Å². The van der Waals surface area contributed by atoms with E-state index in [-0.39, 0.29) is 18.9 Å². The number of methoxy groups -OCH3 is 1. The van der Waals surface area contributed by atoms with Gasteiger partial charge in [-0.3, -0.25) is 4.79 Å². The smallest absolute Gasteiger partial charge is 0.416 e. The Morgan fingerprint density at radius 3 is 2.48 bits per heavy atom. The van der Waals surface area contributed by atoms with Gasteiger partial charge < -0.3 is 19.4 Å². The maximum Gasteiger partial charge on any atom is 0.416 e. The number of ether oxygens (including phenoxy) is 1. The molecule has 0 N–H and O–H groups in total. The van der Waals surface area contributed by atoms with Crippen LogP contribution >= 0.6 is 0 Å². The number of hydrogen-bond donors (Lipinski definition) is 0. The minimum atomic E-state index is -4.43. The fourth-order valence-electron chi connectivity index (χ4n) is 5.12. The van der Waals surface area contributed by atoms with E-state index in [0.29, 0.717) is 43.6 Å². The van der Waals surface area contributed by atoms with Crippen LogP contribution < -0.4 is 4.90 Å². The summed E-state index contributed by atoms with van der Waals surface area (Å²) in [6.07, 6.45) is -2.64. The molecule has 0 unspecified atom stereocenters. The minimum Gasteiger partial charge on any atom is -0.467 e. The van der Waals surface area contributed by atoms with Gasteiger partial charge in [0.05, 0.1) is 12.7 Å². The number of piperidine rings is 1. The largest absolute Gasteiger partial charge is 0.467 e. The Morgan fingerprint density at radius 1 is 1.15 bits per heavy atom. The van der Waals surface area contributed by atoms with E-state index in [0.717, 1.165) is 25.2 Å². The van der Waals surface area contributed by atoms with Gasteiger partial charge in [0.1, 0.15) is 6.04 Å². The average molecular weight is 470 g/mol. The van der Waals surface area contributed by atoms with Crippen molar-refractivity contribution in [2.45, 2.75) is 45.3 Å². The van der Waals surface area contributed by atoms with Crippen molar-refractivity contribution in [1.29, 1.82) is 0 Å². The fraction of sp³-hybridized carbons (Fsp3) is 0.667. The Hall–Kier alpha value is -2.29.